The minimum Gasteiger partial charge on any atom is -0.508 e. The van der Waals surface area contributed by atoms with Crippen molar-refractivity contribution in [1.82, 2.24) is 9.62 Å². The Morgan fingerprint density at radius 1 is 1.37 bits per heavy atom. The van der Waals surface area contributed by atoms with Crippen molar-refractivity contribution in [2.24, 2.45) is 0 Å². The van der Waals surface area contributed by atoms with Gasteiger partial charge >= 0.3 is 0 Å². The van der Waals surface area contributed by atoms with E-state index in [0.29, 0.717) is 25.2 Å². The molecular formula is C13H20N2O3S. The number of benzene rings is 1. The highest BCUT2D eigenvalue weighted by Crippen LogP contribution is 2.26. The van der Waals surface area contributed by atoms with Gasteiger partial charge in [0.15, 0.2) is 0 Å². The average Bonchev–Trinajstić information content (AvgIpc) is 2.43. The molecule has 0 amide bonds. The Kier molecular flexibility index (Phi) is 3.85. The summed E-state index contributed by atoms with van der Waals surface area (Å²) in [5.41, 5.74) is 0.628. The summed E-state index contributed by atoms with van der Waals surface area (Å²) >= 11 is 0. The van der Waals surface area contributed by atoms with Crippen LogP contribution in [-0.4, -0.2) is 42.2 Å². The van der Waals surface area contributed by atoms with E-state index in [0.717, 1.165) is 0 Å². The van der Waals surface area contributed by atoms with Crippen LogP contribution < -0.4 is 5.32 Å². The van der Waals surface area contributed by atoms with Crippen LogP contribution in [0.3, 0.4) is 0 Å². The van der Waals surface area contributed by atoms with Crippen LogP contribution in [-0.2, 0) is 16.6 Å². The smallest absolute Gasteiger partial charge is 0.220 e. The second-order valence-electron chi connectivity index (χ2n) is 5.40. The molecule has 0 aliphatic carbocycles. The molecule has 0 bridgehead atoms. The number of hydrogen-bond donors (Lipinski definition) is 2. The highest BCUT2D eigenvalue weighted by Gasteiger charge is 2.40. The van der Waals surface area contributed by atoms with E-state index in [1.807, 2.05) is 0 Å². The minimum absolute atomic E-state index is 0.132. The monoisotopic (exact) mass is 284 g/mol. The molecule has 0 aromatic heterocycles. The number of sulfonamides is 1. The molecule has 0 atom stereocenters. The molecule has 1 heterocycles. The third kappa shape index (κ3) is 2.75. The van der Waals surface area contributed by atoms with Gasteiger partial charge in [0.05, 0.1) is 4.75 Å². The molecule has 0 unspecified atom stereocenters. The third-order valence-electron chi connectivity index (χ3n) is 3.47. The topological polar surface area (TPSA) is 69.6 Å². The van der Waals surface area contributed by atoms with Gasteiger partial charge in [-0.25, -0.2) is 8.42 Å². The number of rotatable bonds is 2. The number of nitrogens with one attached hydrogen (secondary N) is 1. The van der Waals surface area contributed by atoms with Gasteiger partial charge in [-0.05, 0) is 19.9 Å². The quantitative estimate of drug-likeness (QED) is 0.847. The summed E-state index contributed by atoms with van der Waals surface area (Å²) in [6.07, 6.45) is 0. The van der Waals surface area contributed by atoms with Gasteiger partial charge in [-0.1, -0.05) is 18.2 Å². The summed E-state index contributed by atoms with van der Waals surface area (Å²) in [4.78, 5) is 0. The Bertz CT molecular complexity index is 555. The zero-order valence-corrected chi connectivity index (χ0v) is 12.1. The van der Waals surface area contributed by atoms with Gasteiger partial charge in [-0.15, -0.1) is 0 Å². The lowest BCUT2D eigenvalue weighted by molar-refractivity contribution is 0.394. The van der Waals surface area contributed by atoms with Gasteiger partial charge in [0.25, 0.3) is 0 Å². The second-order valence-corrected chi connectivity index (χ2v) is 7.98. The van der Waals surface area contributed by atoms with E-state index < -0.39 is 14.8 Å². The molecule has 1 aliphatic rings. The highest BCUT2D eigenvalue weighted by atomic mass is 32.2. The summed E-state index contributed by atoms with van der Waals surface area (Å²) in [7, 11) is -3.39. The maximum atomic E-state index is 12.6. The van der Waals surface area contributed by atoms with Crippen molar-refractivity contribution in [1.29, 1.82) is 0 Å². The van der Waals surface area contributed by atoms with Crippen LogP contribution in [0.2, 0.25) is 0 Å². The first kappa shape index (κ1) is 14.3. The van der Waals surface area contributed by atoms with E-state index in [9.17, 15) is 13.5 Å². The number of para-hydroxylation sites is 1. The fraction of sp³-hybridized carbons (Fsp3) is 0.538. The van der Waals surface area contributed by atoms with Crippen molar-refractivity contribution in [2.75, 3.05) is 19.6 Å². The number of aromatic hydroxyl groups is 1. The van der Waals surface area contributed by atoms with Crippen LogP contribution in [0.4, 0.5) is 0 Å². The lowest BCUT2D eigenvalue weighted by Gasteiger charge is -2.29. The Balaban J connectivity index is 2.31. The molecule has 2 N–H and O–H groups in total. The fourth-order valence-corrected chi connectivity index (χ4v) is 3.78. The molecule has 5 nitrogen and oxygen atoms in total. The molecule has 1 fully saturated rings. The third-order valence-corrected chi connectivity index (χ3v) is 6.00. The van der Waals surface area contributed by atoms with E-state index in [4.69, 9.17) is 0 Å². The number of nitrogens with zero attached hydrogens (tertiary/aromatic N) is 1. The van der Waals surface area contributed by atoms with Crippen molar-refractivity contribution in [3.63, 3.8) is 0 Å². The van der Waals surface area contributed by atoms with E-state index in [-0.39, 0.29) is 12.3 Å². The fourth-order valence-electron chi connectivity index (χ4n) is 2.15. The van der Waals surface area contributed by atoms with Gasteiger partial charge < -0.3 is 10.4 Å². The predicted molar refractivity (Wildman–Crippen MR) is 74.4 cm³/mol. The summed E-state index contributed by atoms with van der Waals surface area (Å²) < 4.78 is 25.8. The molecule has 1 aromatic rings. The lowest BCUT2D eigenvalue weighted by atomic mass is 10.2. The molecule has 6 heteroatoms. The molecule has 2 rings (SSSR count). The summed E-state index contributed by atoms with van der Waals surface area (Å²) in [6.45, 7) is 5.13. The van der Waals surface area contributed by atoms with Gasteiger partial charge in [-0.2, -0.15) is 4.31 Å². The van der Waals surface area contributed by atoms with Crippen LogP contribution in [0, 0.1) is 0 Å². The van der Waals surface area contributed by atoms with Crippen LogP contribution in [0.5, 0.6) is 5.75 Å². The number of hydrogen-bond acceptors (Lipinski definition) is 4. The molecular weight excluding hydrogens is 264 g/mol. The normalized spacial score (nSPS) is 22.8. The van der Waals surface area contributed by atoms with Crippen LogP contribution in [0.25, 0.3) is 0 Å². The summed E-state index contributed by atoms with van der Waals surface area (Å²) in [5, 5.41) is 12.9. The number of phenolic OH excluding ortho intramolecular Hbond substituents is 1. The zero-order valence-electron chi connectivity index (χ0n) is 11.3. The van der Waals surface area contributed by atoms with Gasteiger partial charge in [0.2, 0.25) is 10.0 Å². The van der Waals surface area contributed by atoms with Crippen LogP contribution in [0.15, 0.2) is 24.3 Å². The molecule has 1 aromatic carbocycles. The van der Waals surface area contributed by atoms with Gasteiger partial charge in [0, 0.05) is 31.7 Å². The van der Waals surface area contributed by atoms with E-state index >= 15 is 0 Å². The SMILES string of the molecule is CC1(C)CNCCN(Cc2ccccc2O)S1(=O)=O. The summed E-state index contributed by atoms with van der Waals surface area (Å²) in [5.74, 6) is 0.132. The van der Waals surface area contributed by atoms with Crippen molar-refractivity contribution in [3.05, 3.63) is 29.8 Å². The molecule has 1 aliphatic heterocycles. The first-order valence-electron chi connectivity index (χ1n) is 6.32. The molecule has 0 spiro atoms. The van der Waals surface area contributed by atoms with Crippen molar-refractivity contribution in [3.8, 4) is 5.75 Å². The van der Waals surface area contributed by atoms with Crippen molar-refractivity contribution < 1.29 is 13.5 Å². The molecule has 106 valence electrons. The standard InChI is InChI=1S/C13H20N2O3S/c1-13(2)10-14-7-8-15(19(13,17)18)9-11-5-3-4-6-12(11)16/h3-6,14,16H,7-10H2,1-2H3. The molecule has 1 saturated heterocycles. The van der Waals surface area contributed by atoms with Gasteiger partial charge in [0.1, 0.15) is 5.75 Å². The molecule has 19 heavy (non-hydrogen) atoms. The highest BCUT2D eigenvalue weighted by molar-refractivity contribution is 7.90. The largest absolute Gasteiger partial charge is 0.508 e. The first-order chi connectivity index (χ1) is 8.84. The Hall–Kier alpha value is -1.11. The van der Waals surface area contributed by atoms with E-state index in [2.05, 4.69) is 5.32 Å². The molecule has 0 radical (unpaired) electrons. The minimum atomic E-state index is -3.39. The molecule has 0 saturated carbocycles. The average molecular weight is 284 g/mol. The Morgan fingerprint density at radius 2 is 2.05 bits per heavy atom. The Labute approximate surface area is 114 Å². The lowest BCUT2D eigenvalue weighted by Crippen LogP contribution is -2.45. The van der Waals surface area contributed by atoms with E-state index in [1.54, 1.807) is 38.1 Å². The van der Waals surface area contributed by atoms with Crippen LogP contribution in [0.1, 0.15) is 19.4 Å². The van der Waals surface area contributed by atoms with E-state index in [1.165, 1.54) is 4.31 Å². The second kappa shape index (κ2) is 5.11. The van der Waals surface area contributed by atoms with Crippen molar-refractivity contribution >= 4 is 10.0 Å². The maximum Gasteiger partial charge on any atom is 0.220 e. The van der Waals surface area contributed by atoms with Crippen molar-refractivity contribution in [2.45, 2.75) is 25.1 Å². The predicted octanol–water partition coefficient (Wildman–Crippen LogP) is 0.906. The Morgan fingerprint density at radius 3 is 2.74 bits per heavy atom. The van der Waals surface area contributed by atoms with Crippen LogP contribution >= 0.6 is 0 Å². The number of phenols is 1. The first-order valence-corrected chi connectivity index (χ1v) is 7.76. The zero-order chi connectivity index (χ0) is 14.1. The van der Waals surface area contributed by atoms with Gasteiger partial charge in [-0.3, -0.25) is 0 Å². The summed E-state index contributed by atoms with van der Waals surface area (Å²) in [6, 6.07) is 6.84. The maximum absolute atomic E-state index is 12.6.